The molecule has 0 heterocycles. The van der Waals surface area contributed by atoms with Gasteiger partial charge in [0, 0.05) is 17.7 Å². The molecule has 0 saturated heterocycles. The lowest BCUT2D eigenvalue weighted by molar-refractivity contribution is 0.664. The fourth-order valence-electron chi connectivity index (χ4n) is 0.590. The second-order valence-electron chi connectivity index (χ2n) is 1.78. The maximum absolute atomic E-state index is 8.62. The van der Waals surface area contributed by atoms with Crippen molar-refractivity contribution in [2.45, 2.75) is 4.90 Å². The van der Waals surface area contributed by atoms with Gasteiger partial charge in [-0.15, -0.1) is 0 Å². The third kappa shape index (κ3) is 1.56. The molecule has 0 atom stereocenters. The van der Waals surface area contributed by atoms with Gasteiger partial charge >= 0.3 is 0 Å². The van der Waals surface area contributed by atoms with Crippen molar-refractivity contribution >= 4 is 29.3 Å². The summed E-state index contributed by atoms with van der Waals surface area (Å²) < 4.78 is 8.62. The summed E-state index contributed by atoms with van der Waals surface area (Å²) in [5, 5.41) is 0.515. The Labute approximate surface area is 68.2 Å². The number of hydrogen-bond acceptors (Lipinski definition) is 3. The van der Waals surface area contributed by atoms with Crippen LogP contribution in [0.4, 0.5) is 5.69 Å². The van der Waals surface area contributed by atoms with E-state index in [1.54, 1.807) is 18.2 Å². The van der Waals surface area contributed by atoms with Crippen molar-refractivity contribution < 1.29 is 4.55 Å². The van der Waals surface area contributed by atoms with E-state index in [9.17, 15) is 0 Å². The van der Waals surface area contributed by atoms with E-state index < -0.39 is 0 Å². The number of benzene rings is 1. The van der Waals surface area contributed by atoms with Crippen molar-refractivity contribution in [2.24, 2.45) is 0 Å². The molecule has 0 fully saturated rings. The van der Waals surface area contributed by atoms with Crippen LogP contribution < -0.4 is 5.73 Å². The SMILES string of the molecule is Nc1ccc(Cl)c(SO)c1. The van der Waals surface area contributed by atoms with Gasteiger partial charge in [-0.2, -0.15) is 0 Å². The van der Waals surface area contributed by atoms with Crippen molar-refractivity contribution in [2.75, 3.05) is 5.73 Å². The van der Waals surface area contributed by atoms with Crippen molar-refractivity contribution in [1.29, 1.82) is 0 Å². The minimum absolute atomic E-state index is 0.515. The quantitative estimate of drug-likeness (QED) is 0.509. The lowest BCUT2D eigenvalue weighted by Crippen LogP contribution is -1.84. The van der Waals surface area contributed by atoms with Crippen molar-refractivity contribution in [3.63, 3.8) is 0 Å². The van der Waals surface area contributed by atoms with Crippen LogP contribution in [0.5, 0.6) is 0 Å². The summed E-state index contributed by atoms with van der Waals surface area (Å²) in [5.74, 6) is 0. The molecule has 2 nitrogen and oxygen atoms in total. The van der Waals surface area contributed by atoms with Gasteiger partial charge in [-0.1, -0.05) is 11.6 Å². The van der Waals surface area contributed by atoms with E-state index in [0.717, 1.165) is 0 Å². The van der Waals surface area contributed by atoms with Crippen LogP contribution in [0.3, 0.4) is 0 Å². The predicted molar refractivity (Wildman–Crippen MR) is 44.4 cm³/mol. The van der Waals surface area contributed by atoms with Crippen LogP contribution in [0.1, 0.15) is 0 Å². The summed E-state index contributed by atoms with van der Waals surface area (Å²) in [6, 6.07) is 4.95. The normalized spacial score (nSPS) is 9.80. The number of hydrogen-bond donors (Lipinski definition) is 2. The molecule has 0 aliphatic rings. The summed E-state index contributed by atoms with van der Waals surface area (Å²) in [4.78, 5) is 0.585. The van der Waals surface area contributed by atoms with E-state index in [-0.39, 0.29) is 0 Å². The zero-order chi connectivity index (χ0) is 7.56. The monoisotopic (exact) mass is 175 g/mol. The van der Waals surface area contributed by atoms with Gasteiger partial charge in [0.15, 0.2) is 0 Å². The van der Waals surface area contributed by atoms with Gasteiger partial charge in [0.05, 0.1) is 9.92 Å². The number of nitrogens with two attached hydrogens (primary N) is 1. The van der Waals surface area contributed by atoms with E-state index in [4.69, 9.17) is 21.9 Å². The molecule has 0 bridgehead atoms. The van der Waals surface area contributed by atoms with Crippen LogP contribution >= 0.6 is 23.6 Å². The molecule has 0 aliphatic heterocycles. The molecular formula is C6H6ClNOS. The average Bonchev–Trinajstić information content (AvgIpc) is 1.94. The number of anilines is 1. The number of halogens is 1. The van der Waals surface area contributed by atoms with Gasteiger partial charge in [0.1, 0.15) is 0 Å². The Kier molecular flexibility index (Phi) is 2.43. The first kappa shape index (κ1) is 7.72. The molecule has 3 N–H and O–H groups in total. The lowest BCUT2D eigenvalue weighted by Gasteiger charge is -1.98. The number of nitrogen functional groups attached to an aromatic ring is 1. The zero-order valence-electron chi connectivity index (χ0n) is 5.04. The van der Waals surface area contributed by atoms with Crippen LogP contribution in [0.25, 0.3) is 0 Å². The highest BCUT2D eigenvalue weighted by molar-refractivity contribution is 7.93. The molecule has 0 aromatic heterocycles. The maximum Gasteiger partial charge on any atom is 0.0566 e. The molecule has 0 spiro atoms. The van der Waals surface area contributed by atoms with Crippen LogP contribution in [0.2, 0.25) is 5.02 Å². The summed E-state index contributed by atoms with van der Waals surface area (Å²) in [6.45, 7) is 0. The number of rotatable bonds is 1. The molecule has 0 saturated carbocycles. The summed E-state index contributed by atoms with van der Waals surface area (Å²) in [6.07, 6.45) is 0. The third-order valence-electron chi connectivity index (χ3n) is 1.05. The summed E-state index contributed by atoms with van der Waals surface area (Å²) in [5.41, 5.74) is 6.02. The van der Waals surface area contributed by atoms with Gasteiger partial charge < -0.3 is 10.3 Å². The minimum Gasteiger partial charge on any atom is -0.399 e. The second-order valence-corrected chi connectivity index (χ2v) is 2.81. The van der Waals surface area contributed by atoms with E-state index in [0.29, 0.717) is 27.6 Å². The Morgan fingerprint density at radius 1 is 1.50 bits per heavy atom. The van der Waals surface area contributed by atoms with Crippen molar-refractivity contribution in [3.05, 3.63) is 23.2 Å². The topological polar surface area (TPSA) is 46.2 Å². The zero-order valence-corrected chi connectivity index (χ0v) is 6.62. The first-order valence-corrected chi connectivity index (χ1v) is 3.75. The Morgan fingerprint density at radius 2 is 2.20 bits per heavy atom. The van der Waals surface area contributed by atoms with E-state index in [1.165, 1.54) is 0 Å². The van der Waals surface area contributed by atoms with Crippen LogP contribution in [-0.4, -0.2) is 4.55 Å². The predicted octanol–water partition coefficient (Wildman–Crippen LogP) is 2.49. The standard InChI is InChI=1S/C6H6ClNOS/c7-5-2-1-4(8)3-6(5)10-9/h1-3,9H,8H2. The Balaban J connectivity index is 3.09. The highest BCUT2D eigenvalue weighted by Crippen LogP contribution is 2.26. The third-order valence-corrected chi connectivity index (χ3v) is 2.03. The summed E-state index contributed by atoms with van der Waals surface area (Å²) in [7, 11) is 0. The smallest absolute Gasteiger partial charge is 0.0566 e. The Hall–Kier alpha value is -0.380. The molecule has 1 aromatic carbocycles. The van der Waals surface area contributed by atoms with E-state index in [2.05, 4.69) is 0 Å². The van der Waals surface area contributed by atoms with Crippen LogP contribution in [-0.2, 0) is 0 Å². The first-order valence-electron chi connectivity index (χ1n) is 2.60. The van der Waals surface area contributed by atoms with Gasteiger partial charge in [-0.05, 0) is 18.2 Å². The van der Waals surface area contributed by atoms with Crippen molar-refractivity contribution in [3.8, 4) is 0 Å². The first-order chi connectivity index (χ1) is 4.74. The summed E-state index contributed by atoms with van der Waals surface area (Å²) >= 11 is 6.26. The molecular weight excluding hydrogens is 170 g/mol. The fourth-order valence-corrected chi connectivity index (χ4v) is 1.16. The molecule has 10 heavy (non-hydrogen) atoms. The van der Waals surface area contributed by atoms with Gasteiger partial charge in [-0.3, -0.25) is 0 Å². The molecule has 0 aliphatic carbocycles. The molecule has 0 unspecified atom stereocenters. The molecule has 4 heteroatoms. The molecule has 54 valence electrons. The molecule has 1 rings (SSSR count). The average molecular weight is 176 g/mol. The minimum atomic E-state index is 0.515. The van der Waals surface area contributed by atoms with E-state index in [1.807, 2.05) is 0 Å². The molecule has 1 aromatic rings. The lowest BCUT2D eigenvalue weighted by atomic mass is 10.3. The van der Waals surface area contributed by atoms with Gasteiger partial charge in [-0.25, -0.2) is 0 Å². The molecule has 0 amide bonds. The largest absolute Gasteiger partial charge is 0.399 e. The highest BCUT2D eigenvalue weighted by atomic mass is 35.5. The van der Waals surface area contributed by atoms with Crippen LogP contribution in [0.15, 0.2) is 23.1 Å². The van der Waals surface area contributed by atoms with Gasteiger partial charge in [0.25, 0.3) is 0 Å². The Morgan fingerprint density at radius 3 is 2.70 bits per heavy atom. The van der Waals surface area contributed by atoms with Crippen LogP contribution in [0, 0.1) is 0 Å². The Bertz CT molecular complexity index is 241. The second kappa shape index (κ2) is 3.14. The van der Waals surface area contributed by atoms with Crippen molar-refractivity contribution in [1.82, 2.24) is 0 Å². The molecule has 0 radical (unpaired) electrons. The fraction of sp³-hybridized carbons (Fsp3) is 0. The van der Waals surface area contributed by atoms with E-state index >= 15 is 0 Å². The maximum atomic E-state index is 8.62. The highest BCUT2D eigenvalue weighted by Gasteiger charge is 1.98. The van der Waals surface area contributed by atoms with Gasteiger partial charge in [0.2, 0.25) is 0 Å².